The van der Waals surface area contributed by atoms with E-state index in [1.807, 2.05) is 24.3 Å². The maximum absolute atomic E-state index is 12.6. The molecule has 0 N–H and O–H groups in total. The summed E-state index contributed by atoms with van der Waals surface area (Å²) >= 11 is 12.2. The Hall–Kier alpha value is -1.51. The fraction of sp³-hybridized carbons (Fsp3) is 0.188. The lowest BCUT2D eigenvalue weighted by atomic mass is 9.90. The van der Waals surface area contributed by atoms with Gasteiger partial charge in [-0.3, -0.25) is 4.79 Å². The molecule has 1 heterocycles. The molecule has 0 bridgehead atoms. The largest absolute Gasteiger partial charge is 0.311 e. The van der Waals surface area contributed by atoms with E-state index in [0.717, 1.165) is 16.8 Å². The second kappa shape index (κ2) is 4.80. The summed E-state index contributed by atoms with van der Waals surface area (Å²) in [5.41, 5.74) is 3.57. The van der Waals surface area contributed by atoms with Gasteiger partial charge in [-0.05, 0) is 29.3 Å². The predicted molar refractivity (Wildman–Crippen MR) is 83.2 cm³/mol. The highest BCUT2D eigenvalue weighted by Crippen LogP contribution is 2.40. The van der Waals surface area contributed by atoms with Gasteiger partial charge in [0.2, 0.25) is 0 Å². The SMILES string of the molecule is CC1c2cc(Cl)c(Cl)cc2C(=O)N(C)c2ccccc21. The molecule has 1 unspecified atom stereocenters. The molecule has 1 aliphatic rings. The molecule has 0 fully saturated rings. The summed E-state index contributed by atoms with van der Waals surface area (Å²) in [7, 11) is 1.78. The van der Waals surface area contributed by atoms with Crippen molar-refractivity contribution >= 4 is 34.8 Å². The molecule has 1 amide bonds. The molecule has 0 saturated heterocycles. The predicted octanol–water partition coefficient (Wildman–Crippen LogP) is 4.74. The third-order valence-corrected chi connectivity index (χ3v) is 4.58. The number of carbonyl (C=O) groups excluding carboxylic acids is 1. The molecule has 0 saturated carbocycles. The Balaban J connectivity index is 2.32. The number of amides is 1. The van der Waals surface area contributed by atoms with Crippen molar-refractivity contribution in [2.45, 2.75) is 12.8 Å². The molecule has 2 aromatic carbocycles. The molecule has 1 atom stereocenters. The van der Waals surface area contributed by atoms with E-state index in [0.29, 0.717) is 15.6 Å². The van der Waals surface area contributed by atoms with E-state index in [1.54, 1.807) is 24.1 Å². The lowest BCUT2D eigenvalue weighted by Crippen LogP contribution is -2.26. The zero-order chi connectivity index (χ0) is 14.4. The van der Waals surface area contributed by atoms with Gasteiger partial charge in [-0.2, -0.15) is 0 Å². The van der Waals surface area contributed by atoms with Gasteiger partial charge < -0.3 is 4.90 Å². The van der Waals surface area contributed by atoms with Crippen LogP contribution in [0.3, 0.4) is 0 Å². The van der Waals surface area contributed by atoms with Gasteiger partial charge in [-0.15, -0.1) is 0 Å². The van der Waals surface area contributed by atoms with E-state index in [2.05, 4.69) is 6.92 Å². The molecule has 0 radical (unpaired) electrons. The number of rotatable bonds is 0. The Morgan fingerprint density at radius 3 is 2.45 bits per heavy atom. The highest BCUT2D eigenvalue weighted by atomic mass is 35.5. The number of anilines is 1. The summed E-state index contributed by atoms with van der Waals surface area (Å²) in [6, 6.07) is 11.4. The number of halogens is 2. The van der Waals surface area contributed by atoms with Crippen LogP contribution in [0.25, 0.3) is 0 Å². The van der Waals surface area contributed by atoms with E-state index in [1.165, 1.54) is 0 Å². The van der Waals surface area contributed by atoms with Crippen molar-refractivity contribution in [2.24, 2.45) is 0 Å². The second-order valence-electron chi connectivity index (χ2n) is 5.00. The minimum atomic E-state index is -0.0598. The Labute approximate surface area is 127 Å². The van der Waals surface area contributed by atoms with Crippen LogP contribution in [0.5, 0.6) is 0 Å². The first-order valence-electron chi connectivity index (χ1n) is 6.36. The van der Waals surface area contributed by atoms with E-state index >= 15 is 0 Å². The van der Waals surface area contributed by atoms with Crippen LogP contribution in [0.15, 0.2) is 36.4 Å². The van der Waals surface area contributed by atoms with E-state index in [4.69, 9.17) is 23.2 Å². The number of carbonyl (C=O) groups is 1. The van der Waals surface area contributed by atoms with Crippen LogP contribution in [-0.4, -0.2) is 13.0 Å². The molecule has 2 aromatic rings. The zero-order valence-electron chi connectivity index (χ0n) is 11.2. The Bertz CT molecular complexity index is 712. The van der Waals surface area contributed by atoms with Gasteiger partial charge in [0, 0.05) is 24.2 Å². The Morgan fingerprint density at radius 1 is 1.05 bits per heavy atom. The summed E-state index contributed by atoms with van der Waals surface area (Å²) in [4.78, 5) is 14.3. The van der Waals surface area contributed by atoms with E-state index < -0.39 is 0 Å². The second-order valence-corrected chi connectivity index (χ2v) is 5.81. The first kappa shape index (κ1) is 13.5. The van der Waals surface area contributed by atoms with Gasteiger partial charge in [0.05, 0.1) is 10.0 Å². The Kier molecular flexibility index (Phi) is 3.23. The third kappa shape index (κ3) is 1.91. The van der Waals surface area contributed by atoms with Crippen LogP contribution in [0, 0.1) is 0 Å². The number of para-hydroxylation sites is 1. The molecular weight excluding hydrogens is 293 g/mol. The van der Waals surface area contributed by atoms with Crippen LogP contribution in [-0.2, 0) is 0 Å². The van der Waals surface area contributed by atoms with Crippen LogP contribution < -0.4 is 4.90 Å². The van der Waals surface area contributed by atoms with Crippen LogP contribution in [0.2, 0.25) is 10.0 Å². The average molecular weight is 306 g/mol. The molecule has 20 heavy (non-hydrogen) atoms. The highest BCUT2D eigenvalue weighted by molar-refractivity contribution is 6.42. The standard InChI is InChI=1S/C16H13Cl2NO/c1-9-10-5-3-4-6-15(10)19(2)16(20)12-8-14(18)13(17)7-11(9)12/h3-9H,1-2H3. The number of benzene rings is 2. The molecule has 0 spiro atoms. The number of hydrogen-bond acceptors (Lipinski definition) is 1. The topological polar surface area (TPSA) is 20.3 Å². The molecule has 1 aliphatic heterocycles. The van der Waals surface area contributed by atoms with Gasteiger partial charge in [0.1, 0.15) is 0 Å². The van der Waals surface area contributed by atoms with E-state index in [9.17, 15) is 4.79 Å². The van der Waals surface area contributed by atoms with Gasteiger partial charge in [0.15, 0.2) is 0 Å². The smallest absolute Gasteiger partial charge is 0.258 e. The number of hydrogen-bond donors (Lipinski definition) is 0. The molecule has 3 rings (SSSR count). The number of fused-ring (bicyclic) bond motifs is 2. The van der Waals surface area contributed by atoms with Crippen LogP contribution in [0.1, 0.15) is 34.3 Å². The molecule has 4 heteroatoms. The first-order valence-corrected chi connectivity index (χ1v) is 7.12. The normalized spacial score (nSPS) is 17.5. The zero-order valence-corrected chi connectivity index (χ0v) is 12.7. The summed E-state index contributed by atoms with van der Waals surface area (Å²) < 4.78 is 0. The molecule has 102 valence electrons. The van der Waals surface area contributed by atoms with Gasteiger partial charge in [0.25, 0.3) is 5.91 Å². The first-order chi connectivity index (χ1) is 9.50. The maximum atomic E-state index is 12.6. The third-order valence-electron chi connectivity index (χ3n) is 3.86. The van der Waals surface area contributed by atoms with Crippen LogP contribution >= 0.6 is 23.2 Å². The van der Waals surface area contributed by atoms with Gasteiger partial charge >= 0.3 is 0 Å². The minimum absolute atomic E-state index is 0.0598. The van der Waals surface area contributed by atoms with Crippen molar-refractivity contribution in [3.63, 3.8) is 0 Å². The van der Waals surface area contributed by atoms with Crippen LogP contribution in [0.4, 0.5) is 5.69 Å². The quantitative estimate of drug-likeness (QED) is 0.688. The van der Waals surface area contributed by atoms with Gasteiger partial charge in [-0.1, -0.05) is 48.3 Å². The molecule has 2 nitrogen and oxygen atoms in total. The molecular formula is C16H13Cl2NO. The lowest BCUT2D eigenvalue weighted by molar-refractivity contribution is 0.0993. The fourth-order valence-corrected chi connectivity index (χ4v) is 3.06. The average Bonchev–Trinajstić information content (AvgIpc) is 2.53. The summed E-state index contributed by atoms with van der Waals surface area (Å²) in [6.07, 6.45) is 0. The van der Waals surface area contributed by atoms with E-state index in [-0.39, 0.29) is 11.8 Å². The van der Waals surface area contributed by atoms with Crippen molar-refractivity contribution < 1.29 is 4.79 Å². The lowest BCUT2D eigenvalue weighted by Gasteiger charge is -2.18. The minimum Gasteiger partial charge on any atom is -0.311 e. The van der Waals surface area contributed by atoms with Crippen molar-refractivity contribution in [1.29, 1.82) is 0 Å². The molecule has 0 aliphatic carbocycles. The van der Waals surface area contributed by atoms with Crippen molar-refractivity contribution in [3.05, 3.63) is 63.1 Å². The summed E-state index contributed by atoms with van der Waals surface area (Å²) in [5.74, 6) is 0.0280. The summed E-state index contributed by atoms with van der Waals surface area (Å²) in [6.45, 7) is 2.08. The monoisotopic (exact) mass is 305 g/mol. The van der Waals surface area contributed by atoms with Crippen molar-refractivity contribution in [3.8, 4) is 0 Å². The Morgan fingerprint density at radius 2 is 1.70 bits per heavy atom. The highest BCUT2D eigenvalue weighted by Gasteiger charge is 2.29. The van der Waals surface area contributed by atoms with Crippen molar-refractivity contribution in [1.82, 2.24) is 0 Å². The number of nitrogens with zero attached hydrogens (tertiary/aromatic N) is 1. The van der Waals surface area contributed by atoms with Crippen molar-refractivity contribution in [2.75, 3.05) is 11.9 Å². The maximum Gasteiger partial charge on any atom is 0.258 e. The summed E-state index contributed by atoms with van der Waals surface area (Å²) in [5, 5.41) is 0.887. The van der Waals surface area contributed by atoms with Gasteiger partial charge in [-0.25, -0.2) is 0 Å². The molecule has 0 aromatic heterocycles. The fourth-order valence-electron chi connectivity index (χ4n) is 2.72.